The largest absolute Gasteiger partial charge is 0.391 e. The molecule has 12 heteroatoms. The van der Waals surface area contributed by atoms with Gasteiger partial charge in [-0.15, -0.1) is 0 Å². The van der Waals surface area contributed by atoms with E-state index in [0.717, 1.165) is 78.3 Å². The Bertz CT molecular complexity index is 1670. The molecule has 4 N–H and O–H groups in total. The Kier molecular flexibility index (Phi) is 6.16. The van der Waals surface area contributed by atoms with Crippen LogP contribution >= 0.6 is 0 Å². The van der Waals surface area contributed by atoms with Crippen LogP contribution in [0.1, 0.15) is 36.9 Å². The van der Waals surface area contributed by atoms with Gasteiger partial charge in [0.15, 0.2) is 0 Å². The summed E-state index contributed by atoms with van der Waals surface area (Å²) in [5.41, 5.74) is 9.93. The van der Waals surface area contributed by atoms with Crippen LogP contribution < -0.4 is 15.5 Å². The van der Waals surface area contributed by atoms with Gasteiger partial charge in [0, 0.05) is 55.9 Å². The summed E-state index contributed by atoms with van der Waals surface area (Å²) in [5.74, 6) is 1.23. The lowest BCUT2D eigenvalue weighted by atomic mass is 9.87. The number of aromatic nitrogens is 7. The average Bonchev–Trinajstić information content (AvgIpc) is 3.64. The molecule has 2 aliphatic rings. The number of anilines is 2. The Hall–Kier alpha value is -4.42. The Morgan fingerprint density at radius 1 is 0.951 bits per heavy atom. The summed E-state index contributed by atoms with van der Waals surface area (Å²) in [5, 5.41) is 15.4. The topological polar surface area (TPSA) is 138 Å². The van der Waals surface area contributed by atoms with Gasteiger partial charge in [0.2, 0.25) is 5.95 Å². The third-order valence-corrected chi connectivity index (χ3v) is 8.40. The number of aliphatic hydroxyl groups is 1. The quantitative estimate of drug-likeness (QED) is 0.289. The first-order valence-corrected chi connectivity index (χ1v) is 13.8. The van der Waals surface area contributed by atoms with Crippen LogP contribution in [-0.2, 0) is 5.54 Å². The minimum atomic E-state index is -0.837. The molecule has 1 aliphatic heterocycles. The van der Waals surface area contributed by atoms with Crippen LogP contribution in [0.4, 0.5) is 16.2 Å². The maximum absolute atomic E-state index is 13.4. The molecule has 210 valence electrons. The van der Waals surface area contributed by atoms with Gasteiger partial charge in [0.25, 0.3) is 0 Å². The second-order valence-electron chi connectivity index (χ2n) is 11.0. The van der Waals surface area contributed by atoms with Gasteiger partial charge in [-0.25, -0.2) is 24.3 Å². The minimum Gasteiger partial charge on any atom is -0.391 e. The highest BCUT2D eigenvalue weighted by Crippen LogP contribution is 2.34. The molecule has 0 amide bonds. The molecule has 11 nitrogen and oxygen atoms in total. The van der Waals surface area contributed by atoms with Crippen LogP contribution in [-0.4, -0.2) is 72.1 Å². The molecule has 1 unspecified atom stereocenters. The van der Waals surface area contributed by atoms with Gasteiger partial charge in [-0.2, -0.15) is 5.10 Å². The van der Waals surface area contributed by atoms with E-state index in [1.807, 2.05) is 24.0 Å². The number of aromatic amines is 1. The fourth-order valence-corrected chi connectivity index (χ4v) is 5.60. The first-order valence-electron chi connectivity index (χ1n) is 13.8. The number of hydrogen-bond donors (Lipinski definition) is 3. The molecule has 1 saturated carbocycles. The Labute approximate surface area is 235 Å². The highest BCUT2D eigenvalue weighted by molar-refractivity contribution is 5.91. The summed E-state index contributed by atoms with van der Waals surface area (Å²) < 4.78 is 15.2. The molecule has 5 heterocycles. The molecule has 5 aromatic rings. The third-order valence-electron chi connectivity index (χ3n) is 8.40. The zero-order valence-electron chi connectivity index (χ0n) is 22.7. The Morgan fingerprint density at radius 2 is 1.68 bits per heavy atom. The number of hydrogen-bond acceptors (Lipinski definition) is 9. The van der Waals surface area contributed by atoms with Gasteiger partial charge in [0.05, 0.1) is 35.0 Å². The van der Waals surface area contributed by atoms with E-state index in [0.29, 0.717) is 5.95 Å². The van der Waals surface area contributed by atoms with Crippen LogP contribution in [0.3, 0.4) is 0 Å². The van der Waals surface area contributed by atoms with Gasteiger partial charge >= 0.3 is 0 Å². The number of aliphatic hydroxyl groups excluding tert-OH is 1. The van der Waals surface area contributed by atoms with Gasteiger partial charge in [-0.05, 0) is 43.5 Å². The van der Waals surface area contributed by atoms with E-state index in [4.69, 9.17) is 5.73 Å². The van der Waals surface area contributed by atoms with Crippen molar-refractivity contribution in [3.8, 4) is 11.3 Å². The van der Waals surface area contributed by atoms with Crippen molar-refractivity contribution >= 4 is 22.8 Å². The number of piperazine rings is 1. The molecule has 1 aliphatic carbocycles. The van der Waals surface area contributed by atoms with Crippen LogP contribution in [0.5, 0.6) is 0 Å². The maximum Gasteiger partial charge on any atom is 0.225 e. The van der Waals surface area contributed by atoms with E-state index in [1.165, 1.54) is 12.1 Å². The number of halogens is 1. The molecule has 7 rings (SSSR count). The lowest BCUT2D eigenvalue weighted by Crippen LogP contribution is -2.47. The fraction of sp³-hybridized carbons (Fsp3) is 0.345. The van der Waals surface area contributed by atoms with Gasteiger partial charge in [-0.3, -0.25) is 4.68 Å². The zero-order valence-corrected chi connectivity index (χ0v) is 22.7. The van der Waals surface area contributed by atoms with Crippen molar-refractivity contribution in [2.45, 2.75) is 37.5 Å². The number of nitrogens with one attached hydrogen (secondary N) is 1. The number of nitrogens with two attached hydrogens (primary N) is 1. The van der Waals surface area contributed by atoms with Crippen molar-refractivity contribution in [3.05, 3.63) is 78.4 Å². The van der Waals surface area contributed by atoms with Crippen molar-refractivity contribution in [1.29, 1.82) is 0 Å². The van der Waals surface area contributed by atoms with Crippen LogP contribution in [0.2, 0.25) is 0 Å². The molecule has 4 aromatic heterocycles. The number of nitrogens with zero attached hydrogens (tertiary/aromatic N) is 8. The lowest BCUT2D eigenvalue weighted by Gasteiger charge is -2.35. The fourth-order valence-electron chi connectivity index (χ4n) is 5.60. The minimum absolute atomic E-state index is 0.0505. The monoisotopic (exact) mass is 554 g/mol. The summed E-state index contributed by atoms with van der Waals surface area (Å²) in [6.07, 6.45) is 10.3. The molecule has 0 bridgehead atoms. The smallest absolute Gasteiger partial charge is 0.225 e. The number of H-pyrrole nitrogens is 1. The summed E-state index contributed by atoms with van der Waals surface area (Å²) in [4.78, 5) is 26.1. The normalized spacial score (nSPS) is 20.7. The third kappa shape index (κ3) is 4.58. The molecule has 1 aromatic carbocycles. The van der Waals surface area contributed by atoms with Crippen molar-refractivity contribution in [3.63, 3.8) is 0 Å². The van der Waals surface area contributed by atoms with Crippen molar-refractivity contribution < 1.29 is 9.50 Å². The molecule has 0 radical (unpaired) electrons. The molecule has 1 saturated heterocycles. The number of rotatable bonds is 6. The number of fused-ring (bicyclic) bond motifs is 1. The zero-order chi connectivity index (χ0) is 28.1. The van der Waals surface area contributed by atoms with E-state index in [-0.39, 0.29) is 18.0 Å². The molecule has 41 heavy (non-hydrogen) atoms. The van der Waals surface area contributed by atoms with Crippen molar-refractivity contribution in [2.24, 2.45) is 5.73 Å². The van der Waals surface area contributed by atoms with Crippen LogP contribution in [0.25, 0.3) is 22.3 Å². The summed E-state index contributed by atoms with van der Waals surface area (Å²) in [7, 11) is 0. The van der Waals surface area contributed by atoms with Gasteiger partial charge in [-0.1, -0.05) is 12.1 Å². The Morgan fingerprint density at radius 3 is 2.37 bits per heavy atom. The number of benzene rings is 1. The van der Waals surface area contributed by atoms with Crippen LogP contribution in [0.15, 0.2) is 61.4 Å². The predicted molar refractivity (Wildman–Crippen MR) is 153 cm³/mol. The summed E-state index contributed by atoms with van der Waals surface area (Å²) in [6.45, 7) is 4.84. The van der Waals surface area contributed by atoms with E-state index >= 15 is 0 Å². The first kappa shape index (κ1) is 25.5. The van der Waals surface area contributed by atoms with E-state index in [1.54, 1.807) is 30.9 Å². The first-order chi connectivity index (χ1) is 19.9. The van der Waals surface area contributed by atoms with Crippen molar-refractivity contribution in [2.75, 3.05) is 36.0 Å². The standard InChI is InChI=1S/C29H31FN10O/c1-29(31,19-2-4-21(30)5-3-19)20-14-32-28(33-15-20)39-10-8-38(9-11-39)27-22-12-23(37-26(22)34-17-35-27)18-13-36-40(16-18)24-6-7-25(24)41/h2-5,12-17,24-25,41H,6-11,31H2,1H3,(H,34,35,37)/t24-,25-,29?/m1/s1. The highest BCUT2D eigenvalue weighted by Gasteiger charge is 2.31. The van der Waals surface area contributed by atoms with E-state index in [2.05, 4.69) is 45.9 Å². The molecule has 0 spiro atoms. The molecule has 2 fully saturated rings. The lowest BCUT2D eigenvalue weighted by molar-refractivity contribution is 0.0254. The van der Waals surface area contributed by atoms with E-state index in [9.17, 15) is 9.50 Å². The van der Waals surface area contributed by atoms with Crippen molar-refractivity contribution in [1.82, 2.24) is 34.7 Å². The average molecular weight is 555 g/mol. The molecular formula is C29H31FN10O. The highest BCUT2D eigenvalue weighted by atomic mass is 19.1. The summed E-state index contributed by atoms with van der Waals surface area (Å²) >= 11 is 0. The van der Waals surface area contributed by atoms with Crippen LogP contribution in [0, 0.1) is 5.82 Å². The predicted octanol–water partition coefficient (Wildman–Crippen LogP) is 3.00. The SMILES string of the molecule is CC(N)(c1ccc(F)cc1)c1cnc(N2CCN(c3ncnc4[nH]c(-c5cnn([C@@H]6CC[C@H]6O)c5)cc34)CC2)nc1. The van der Waals surface area contributed by atoms with Gasteiger partial charge < -0.3 is 25.6 Å². The molecule has 3 atom stereocenters. The second kappa shape index (κ2) is 9.89. The Balaban J connectivity index is 1.05. The molecular weight excluding hydrogens is 523 g/mol. The summed E-state index contributed by atoms with van der Waals surface area (Å²) in [6, 6.07) is 8.31. The second-order valence-corrected chi connectivity index (χ2v) is 11.0. The maximum atomic E-state index is 13.4. The van der Waals surface area contributed by atoms with Gasteiger partial charge in [0.1, 0.15) is 23.6 Å². The van der Waals surface area contributed by atoms with E-state index < -0.39 is 5.54 Å².